The van der Waals surface area contributed by atoms with Gasteiger partial charge >= 0.3 is 0 Å². The van der Waals surface area contributed by atoms with Crippen LogP contribution in [0.4, 0.5) is 5.82 Å². The number of rotatable bonds is 4. The summed E-state index contributed by atoms with van der Waals surface area (Å²) in [6.07, 6.45) is 1.45. The van der Waals surface area contributed by atoms with Crippen LogP contribution in [0.15, 0.2) is 29.1 Å². The second kappa shape index (κ2) is 6.92. The van der Waals surface area contributed by atoms with E-state index in [0.29, 0.717) is 50.8 Å². The molecule has 2 aromatic rings. The van der Waals surface area contributed by atoms with E-state index in [1.165, 1.54) is 6.07 Å². The van der Waals surface area contributed by atoms with Gasteiger partial charge in [0.1, 0.15) is 23.2 Å². The van der Waals surface area contributed by atoms with E-state index < -0.39 is 0 Å². The van der Waals surface area contributed by atoms with Gasteiger partial charge in [-0.25, -0.2) is 4.98 Å². The Hall–Kier alpha value is -2.67. The van der Waals surface area contributed by atoms with Crippen LogP contribution in [-0.4, -0.2) is 47.2 Å². The predicted octanol–water partition coefficient (Wildman–Crippen LogP) is 1.15. The molecule has 0 bridgehead atoms. The topological polar surface area (TPSA) is 95.5 Å². The number of carbonyl (C=O) groups excluding carboxylic acids is 1. The largest absolute Gasteiger partial charge is 0.508 e. The second-order valence-electron chi connectivity index (χ2n) is 6.73. The van der Waals surface area contributed by atoms with Crippen molar-refractivity contribution in [3.63, 3.8) is 0 Å². The summed E-state index contributed by atoms with van der Waals surface area (Å²) in [6, 6.07) is 6.77. The van der Waals surface area contributed by atoms with E-state index >= 15 is 0 Å². The lowest BCUT2D eigenvalue weighted by molar-refractivity contribution is -0.119. The van der Waals surface area contributed by atoms with Crippen molar-refractivity contribution < 1.29 is 14.6 Å². The van der Waals surface area contributed by atoms with Crippen molar-refractivity contribution in [1.82, 2.24) is 9.97 Å². The van der Waals surface area contributed by atoms with Crippen molar-refractivity contribution in [3.05, 3.63) is 51.6 Å². The molecule has 2 heterocycles. The summed E-state index contributed by atoms with van der Waals surface area (Å²) >= 11 is 0. The zero-order valence-electron chi connectivity index (χ0n) is 14.4. The number of fused-ring (bicyclic) bond motifs is 1. The molecule has 7 nitrogen and oxygen atoms in total. The lowest BCUT2D eigenvalue weighted by atomic mass is 9.94. The third-order valence-corrected chi connectivity index (χ3v) is 5.09. The van der Waals surface area contributed by atoms with E-state index in [1.54, 1.807) is 12.1 Å². The molecule has 1 aliphatic heterocycles. The molecule has 0 saturated carbocycles. The van der Waals surface area contributed by atoms with E-state index in [0.717, 1.165) is 11.1 Å². The number of ketones is 1. The highest BCUT2D eigenvalue weighted by Crippen LogP contribution is 2.38. The number of nitrogens with one attached hydrogen (secondary N) is 1. The molecule has 1 saturated heterocycles. The number of phenolic OH excluding ortho intramolecular Hbond substituents is 1. The molecule has 2 aliphatic rings. The Balaban J connectivity index is 1.55. The summed E-state index contributed by atoms with van der Waals surface area (Å²) in [5, 5.41) is 9.95. The van der Waals surface area contributed by atoms with Crippen molar-refractivity contribution in [3.8, 4) is 5.75 Å². The van der Waals surface area contributed by atoms with Crippen molar-refractivity contribution >= 4 is 11.6 Å². The summed E-state index contributed by atoms with van der Waals surface area (Å²) in [4.78, 5) is 34.0. The Morgan fingerprint density at radius 3 is 2.96 bits per heavy atom. The Kier molecular flexibility index (Phi) is 4.46. The van der Waals surface area contributed by atoms with Crippen molar-refractivity contribution in [2.24, 2.45) is 0 Å². The lowest BCUT2D eigenvalue weighted by Gasteiger charge is -2.27. The van der Waals surface area contributed by atoms with Gasteiger partial charge in [0.2, 0.25) is 0 Å². The molecule has 2 N–H and O–H groups in total. The average molecular weight is 355 g/mol. The van der Waals surface area contributed by atoms with Crippen LogP contribution in [0.5, 0.6) is 5.75 Å². The lowest BCUT2D eigenvalue weighted by Crippen LogP contribution is -2.37. The number of carbonyl (C=O) groups is 1. The molecule has 1 fully saturated rings. The second-order valence-corrected chi connectivity index (χ2v) is 6.73. The Bertz CT molecular complexity index is 887. The minimum atomic E-state index is -0.256. The zero-order chi connectivity index (χ0) is 18.1. The van der Waals surface area contributed by atoms with Crippen LogP contribution in [0.3, 0.4) is 0 Å². The van der Waals surface area contributed by atoms with Gasteiger partial charge in [-0.15, -0.1) is 0 Å². The molecular weight excluding hydrogens is 334 g/mol. The highest BCUT2D eigenvalue weighted by atomic mass is 16.5. The summed E-state index contributed by atoms with van der Waals surface area (Å²) in [6.45, 7) is 2.56. The molecule has 0 amide bonds. The molecular formula is C19H21N3O4. The van der Waals surface area contributed by atoms with Crippen LogP contribution in [0, 0.1) is 0 Å². The zero-order valence-corrected chi connectivity index (χ0v) is 14.4. The third kappa shape index (κ3) is 3.22. The van der Waals surface area contributed by atoms with Gasteiger partial charge in [-0.2, -0.15) is 0 Å². The monoisotopic (exact) mass is 355 g/mol. The van der Waals surface area contributed by atoms with Gasteiger partial charge in [-0.05, 0) is 30.0 Å². The molecule has 136 valence electrons. The number of H-pyrrole nitrogens is 1. The predicted molar refractivity (Wildman–Crippen MR) is 95.8 cm³/mol. The molecule has 1 aromatic heterocycles. The maximum absolute atomic E-state index is 12.8. The average Bonchev–Trinajstić information content (AvgIpc) is 3.07. The Labute approximate surface area is 150 Å². The van der Waals surface area contributed by atoms with Crippen molar-refractivity contribution in [2.45, 2.75) is 25.2 Å². The summed E-state index contributed by atoms with van der Waals surface area (Å²) < 4.78 is 5.33. The van der Waals surface area contributed by atoms with Crippen LogP contribution in [0.1, 0.15) is 29.3 Å². The molecule has 0 radical (unpaired) electrons. The molecule has 1 aromatic carbocycles. The van der Waals surface area contributed by atoms with Gasteiger partial charge in [0.05, 0.1) is 19.6 Å². The van der Waals surface area contributed by atoms with E-state index in [4.69, 9.17) is 4.74 Å². The fourth-order valence-electron chi connectivity index (χ4n) is 3.79. The van der Waals surface area contributed by atoms with Crippen LogP contribution in [0.2, 0.25) is 0 Å². The Morgan fingerprint density at radius 2 is 2.15 bits per heavy atom. The first-order chi connectivity index (χ1) is 12.6. The summed E-state index contributed by atoms with van der Waals surface area (Å²) in [5.74, 6) is 0.978. The molecule has 4 rings (SSSR count). The number of morpholine rings is 1. The smallest absolute Gasteiger partial charge is 0.252 e. The van der Waals surface area contributed by atoms with Crippen molar-refractivity contribution in [1.29, 1.82) is 0 Å². The number of hydrogen-bond donors (Lipinski definition) is 2. The number of aromatic amines is 1. The number of anilines is 1. The maximum Gasteiger partial charge on any atom is 0.252 e. The van der Waals surface area contributed by atoms with E-state index in [1.807, 2.05) is 11.0 Å². The highest BCUT2D eigenvalue weighted by molar-refractivity contribution is 5.88. The quantitative estimate of drug-likeness (QED) is 0.854. The molecule has 1 aliphatic carbocycles. The summed E-state index contributed by atoms with van der Waals surface area (Å²) in [5.41, 5.74) is 1.49. The van der Waals surface area contributed by atoms with Crippen LogP contribution in [-0.2, 0) is 22.4 Å². The number of Topliss-reactive ketones (excluding diaryl/α,β-unsaturated/α-hetero) is 1. The van der Waals surface area contributed by atoms with Gasteiger partial charge in [-0.3, -0.25) is 9.59 Å². The number of ether oxygens (including phenoxy) is 1. The number of phenols is 1. The van der Waals surface area contributed by atoms with Gasteiger partial charge in [0, 0.05) is 25.1 Å². The van der Waals surface area contributed by atoms with Crippen molar-refractivity contribution in [2.75, 3.05) is 31.2 Å². The normalized spacial score (nSPS) is 19.4. The first-order valence-electron chi connectivity index (χ1n) is 8.88. The minimum absolute atomic E-state index is 0.0108. The SMILES string of the molecule is O=C(Cc1nc(N2CCOCC2)cc(=O)[nH]1)C1CCc2c(O)cccc21. The Morgan fingerprint density at radius 1 is 1.35 bits per heavy atom. The van der Waals surface area contributed by atoms with Gasteiger partial charge in [0.15, 0.2) is 0 Å². The number of benzene rings is 1. The maximum atomic E-state index is 12.8. The molecule has 0 spiro atoms. The van der Waals surface area contributed by atoms with Gasteiger partial charge < -0.3 is 19.7 Å². The molecule has 1 atom stereocenters. The number of hydrogen-bond acceptors (Lipinski definition) is 6. The minimum Gasteiger partial charge on any atom is -0.508 e. The van der Waals surface area contributed by atoms with Crippen LogP contribution < -0.4 is 10.5 Å². The molecule has 7 heteroatoms. The molecule has 26 heavy (non-hydrogen) atoms. The van der Waals surface area contributed by atoms with E-state index in [-0.39, 0.29) is 29.4 Å². The highest BCUT2D eigenvalue weighted by Gasteiger charge is 2.30. The van der Waals surface area contributed by atoms with E-state index in [9.17, 15) is 14.7 Å². The van der Waals surface area contributed by atoms with Gasteiger partial charge in [-0.1, -0.05) is 12.1 Å². The fraction of sp³-hybridized carbons (Fsp3) is 0.421. The number of aromatic hydroxyl groups is 1. The fourth-order valence-corrected chi connectivity index (χ4v) is 3.79. The van der Waals surface area contributed by atoms with Crippen LogP contribution >= 0.6 is 0 Å². The number of nitrogens with zero attached hydrogens (tertiary/aromatic N) is 2. The first-order valence-corrected chi connectivity index (χ1v) is 8.88. The van der Waals surface area contributed by atoms with Gasteiger partial charge in [0.25, 0.3) is 5.56 Å². The molecule has 1 unspecified atom stereocenters. The van der Waals surface area contributed by atoms with E-state index in [2.05, 4.69) is 9.97 Å². The third-order valence-electron chi connectivity index (χ3n) is 5.09. The summed E-state index contributed by atoms with van der Waals surface area (Å²) in [7, 11) is 0. The number of aromatic nitrogens is 2. The van der Waals surface area contributed by atoms with Crippen LogP contribution in [0.25, 0.3) is 0 Å². The standard InChI is InChI=1S/C19H21N3O4/c23-15-3-1-2-12-13(15)4-5-14(12)16(24)10-17-20-18(11-19(25)21-17)22-6-8-26-9-7-22/h1-3,11,14,23H,4-10H2,(H,20,21,25). The first kappa shape index (κ1) is 16.8.